The van der Waals surface area contributed by atoms with E-state index in [1.807, 2.05) is 61.5 Å². The highest BCUT2D eigenvalue weighted by atomic mass is 16.2. The first kappa shape index (κ1) is 18.1. The van der Waals surface area contributed by atoms with Crippen molar-refractivity contribution in [2.45, 2.75) is 38.3 Å². The average Bonchev–Trinajstić information content (AvgIpc) is 2.65. The summed E-state index contributed by atoms with van der Waals surface area (Å²) >= 11 is 0. The third kappa shape index (κ3) is 4.29. The van der Waals surface area contributed by atoms with Crippen LogP contribution in [0, 0.1) is 6.92 Å². The molecule has 0 spiro atoms. The number of amides is 2. The van der Waals surface area contributed by atoms with Gasteiger partial charge < -0.3 is 16.0 Å². The van der Waals surface area contributed by atoms with Gasteiger partial charge in [-0.25, -0.2) is 0 Å². The van der Waals surface area contributed by atoms with Crippen molar-refractivity contribution in [1.82, 2.24) is 5.32 Å². The molecule has 2 atom stereocenters. The lowest BCUT2D eigenvalue weighted by Crippen LogP contribution is -2.55. The molecule has 136 valence electrons. The Balaban J connectivity index is 1.62. The van der Waals surface area contributed by atoms with Crippen molar-refractivity contribution in [3.05, 3.63) is 65.7 Å². The maximum Gasteiger partial charge on any atom is 0.249 e. The van der Waals surface area contributed by atoms with Gasteiger partial charge in [0.05, 0.1) is 6.04 Å². The quantitative estimate of drug-likeness (QED) is 0.867. The van der Waals surface area contributed by atoms with Crippen LogP contribution < -0.4 is 16.0 Å². The van der Waals surface area contributed by atoms with Crippen LogP contribution in [-0.2, 0) is 16.0 Å². The molecule has 5 nitrogen and oxygen atoms in total. The third-order valence-electron chi connectivity index (χ3n) is 4.74. The summed E-state index contributed by atoms with van der Waals surface area (Å²) in [5.74, 6) is -0.349. The Bertz CT molecular complexity index is 759. The van der Waals surface area contributed by atoms with E-state index in [0.717, 1.165) is 23.2 Å². The molecule has 1 unspecified atom stereocenters. The third-order valence-corrected chi connectivity index (χ3v) is 4.74. The zero-order valence-electron chi connectivity index (χ0n) is 15.0. The number of carbonyl (C=O) groups is 2. The van der Waals surface area contributed by atoms with Gasteiger partial charge in [-0.15, -0.1) is 0 Å². The molecule has 1 fully saturated rings. The molecule has 5 heteroatoms. The van der Waals surface area contributed by atoms with Crippen LogP contribution in [0.25, 0.3) is 0 Å². The first-order chi connectivity index (χ1) is 12.5. The number of nitrogens with two attached hydrogens (primary N) is 1. The number of anilines is 1. The Morgan fingerprint density at radius 1 is 1.19 bits per heavy atom. The van der Waals surface area contributed by atoms with Gasteiger partial charge in [-0.1, -0.05) is 48.0 Å². The summed E-state index contributed by atoms with van der Waals surface area (Å²) in [5.41, 5.74) is 9.06. The van der Waals surface area contributed by atoms with Crippen LogP contribution in [0.2, 0.25) is 0 Å². The van der Waals surface area contributed by atoms with E-state index in [2.05, 4.69) is 5.32 Å². The molecule has 26 heavy (non-hydrogen) atoms. The van der Waals surface area contributed by atoms with Crippen molar-refractivity contribution in [2.75, 3.05) is 11.4 Å². The number of benzene rings is 2. The molecule has 1 heterocycles. The molecule has 0 bridgehead atoms. The predicted molar refractivity (Wildman–Crippen MR) is 103 cm³/mol. The molecule has 0 aliphatic carbocycles. The Morgan fingerprint density at radius 3 is 2.58 bits per heavy atom. The molecule has 0 aromatic heterocycles. The van der Waals surface area contributed by atoms with E-state index in [0.29, 0.717) is 19.4 Å². The molecular weight excluding hydrogens is 326 g/mol. The highest BCUT2D eigenvalue weighted by molar-refractivity contribution is 6.00. The molecule has 1 saturated heterocycles. The highest BCUT2D eigenvalue weighted by Crippen LogP contribution is 2.21. The van der Waals surface area contributed by atoms with E-state index in [1.54, 1.807) is 4.90 Å². The number of piperidine rings is 1. The smallest absolute Gasteiger partial charge is 0.249 e. The highest BCUT2D eigenvalue weighted by Gasteiger charge is 2.31. The second kappa shape index (κ2) is 8.15. The monoisotopic (exact) mass is 351 g/mol. The number of nitrogens with zero attached hydrogens (tertiary/aromatic N) is 1. The Hall–Kier alpha value is -2.66. The largest absolute Gasteiger partial charge is 0.343 e. The average molecular weight is 351 g/mol. The summed E-state index contributed by atoms with van der Waals surface area (Å²) in [6.45, 7) is 2.68. The summed E-state index contributed by atoms with van der Waals surface area (Å²) in [6.07, 6.45) is 1.94. The minimum atomic E-state index is -0.667. The summed E-state index contributed by atoms with van der Waals surface area (Å²) in [7, 11) is 0. The van der Waals surface area contributed by atoms with Gasteiger partial charge in [-0.05, 0) is 43.9 Å². The van der Waals surface area contributed by atoms with Gasteiger partial charge in [0.15, 0.2) is 0 Å². The maximum absolute atomic E-state index is 12.8. The van der Waals surface area contributed by atoms with Gasteiger partial charge in [0.25, 0.3) is 0 Å². The lowest BCUT2D eigenvalue weighted by atomic mass is 10.0. The number of hydrogen-bond acceptors (Lipinski definition) is 3. The summed E-state index contributed by atoms with van der Waals surface area (Å²) in [5, 5.41) is 2.84. The predicted octanol–water partition coefficient (Wildman–Crippen LogP) is 2.18. The van der Waals surface area contributed by atoms with Crippen molar-refractivity contribution < 1.29 is 9.59 Å². The number of carbonyl (C=O) groups excluding carboxylic acids is 2. The van der Waals surface area contributed by atoms with Gasteiger partial charge in [-0.3, -0.25) is 9.59 Å². The summed E-state index contributed by atoms with van der Waals surface area (Å²) in [4.78, 5) is 27.0. The number of aryl methyl sites for hydroxylation is 1. The van der Waals surface area contributed by atoms with Crippen LogP contribution in [0.15, 0.2) is 54.6 Å². The Kier molecular flexibility index (Phi) is 5.68. The van der Waals surface area contributed by atoms with Gasteiger partial charge in [0, 0.05) is 12.2 Å². The van der Waals surface area contributed by atoms with E-state index in [9.17, 15) is 9.59 Å². The molecule has 3 N–H and O–H groups in total. The zero-order valence-corrected chi connectivity index (χ0v) is 15.0. The number of rotatable bonds is 5. The van der Waals surface area contributed by atoms with Gasteiger partial charge in [0.2, 0.25) is 11.8 Å². The normalized spacial score (nSPS) is 18.5. The van der Waals surface area contributed by atoms with E-state index >= 15 is 0 Å². The SMILES string of the molecule is Cc1ccc(N2CCCC(NC(=O)[C@@H](N)Cc3ccccc3)C2=O)cc1. The van der Waals surface area contributed by atoms with Gasteiger partial charge in [0.1, 0.15) is 6.04 Å². The van der Waals surface area contributed by atoms with Crippen molar-refractivity contribution in [1.29, 1.82) is 0 Å². The second-order valence-electron chi connectivity index (χ2n) is 6.83. The van der Waals surface area contributed by atoms with Crippen LogP contribution in [0.3, 0.4) is 0 Å². The zero-order chi connectivity index (χ0) is 18.5. The fraction of sp³-hybridized carbons (Fsp3) is 0.333. The summed E-state index contributed by atoms with van der Waals surface area (Å²) < 4.78 is 0. The van der Waals surface area contributed by atoms with Crippen LogP contribution in [0.4, 0.5) is 5.69 Å². The van der Waals surface area contributed by atoms with Crippen LogP contribution in [0.1, 0.15) is 24.0 Å². The minimum Gasteiger partial charge on any atom is -0.343 e. The molecule has 3 rings (SSSR count). The minimum absolute atomic E-state index is 0.0691. The van der Waals surface area contributed by atoms with E-state index in [1.165, 1.54) is 0 Å². The molecule has 0 radical (unpaired) electrons. The molecule has 2 aromatic rings. The van der Waals surface area contributed by atoms with Crippen LogP contribution in [0.5, 0.6) is 0 Å². The maximum atomic E-state index is 12.8. The fourth-order valence-corrected chi connectivity index (χ4v) is 3.23. The summed E-state index contributed by atoms with van der Waals surface area (Å²) in [6, 6.07) is 16.3. The van der Waals surface area contributed by atoms with Crippen LogP contribution in [-0.4, -0.2) is 30.4 Å². The van der Waals surface area contributed by atoms with Crippen LogP contribution >= 0.6 is 0 Å². The molecule has 0 saturated carbocycles. The first-order valence-corrected chi connectivity index (χ1v) is 9.02. The van der Waals surface area contributed by atoms with Crippen molar-refractivity contribution in [3.8, 4) is 0 Å². The molecule has 1 aliphatic heterocycles. The van der Waals surface area contributed by atoms with E-state index < -0.39 is 12.1 Å². The molecule has 1 aliphatic rings. The Morgan fingerprint density at radius 2 is 1.88 bits per heavy atom. The van der Waals surface area contributed by atoms with Crippen molar-refractivity contribution >= 4 is 17.5 Å². The van der Waals surface area contributed by atoms with Gasteiger partial charge in [-0.2, -0.15) is 0 Å². The number of hydrogen-bond donors (Lipinski definition) is 2. The number of nitrogens with one attached hydrogen (secondary N) is 1. The molecule has 2 aromatic carbocycles. The van der Waals surface area contributed by atoms with E-state index in [-0.39, 0.29) is 11.8 Å². The van der Waals surface area contributed by atoms with Crippen molar-refractivity contribution in [2.24, 2.45) is 5.73 Å². The van der Waals surface area contributed by atoms with E-state index in [4.69, 9.17) is 5.73 Å². The fourth-order valence-electron chi connectivity index (χ4n) is 3.23. The standard InChI is InChI=1S/C21H25N3O2/c1-15-9-11-17(12-10-15)24-13-5-8-19(21(24)26)23-20(25)18(22)14-16-6-3-2-4-7-16/h2-4,6-7,9-12,18-19H,5,8,13-14,22H2,1H3,(H,23,25)/t18-,19?/m0/s1. The Labute approximate surface area is 154 Å². The second-order valence-corrected chi connectivity index (χ2v) is 6.83. The van der Waals surface area contributed by atoms with Crippen molar-refractivity contribution in [3.63, 3.8) is 0 Å². The lowest BCUT2D eigenvalue weighted by Gasteiger charge is -2.33. The first-order valence-electron chi connectivity index (χ1n) is 9.02. The topological polar surface area (TPSA) is 75.4 Å². The van der Waals surface area contributed by atoms with Gasteiger partial charge >= 0.3 is 0 Å². The lowest BCUT2D eigenvalue weighted by molar-refractivity contribution is -0.129. The molecular formula is C21H25N3O2. The molecule has 2 amide bonds.